The Labute approximate surface area is 451 Å². The van der Waals surface area contributed by atoms with E-state index in [9.17, 15) is 29.7 Å². The van der Waals surface area contributed by atoms with Crippen molar-refractivity contribution in [2.75, 3.05) is 0 Å². The van der Waals surface area contributed by atoms with Crippen LogP contribution in [0.2, 0.25) is 0 Å². The molecule has 6 aromatic rings. The van der Waals surface area contributed by atoms with Gasteiger partial charge in [-0.1, -0.05) is 247 Å². The van der Waals surface area contributed by atoms with Gasteiger partial charge in [-0.05, 0) is 33.4 Å². The zero-order valence-corrected chi connectivity index (χ0v) is 46.0. The summed E-state index contributed by atoms with van der Waals surface area (Å²) in [5, 5.41) is 33.4. The van der Waals surface area contributed by atoms with Crippen molar-refractivity contribution in [1.29, 1.82) is 0 Å². The number of rotatable bonds is 24. The van der Waals surface area contributed by atoms with E-state index in [4.69, 9.17) is 0 Å². The fourth-order valence-corrected chi connectivity index (χ4v) is 19.3. The predicted molar refractivity (Wildman–Crippen MR) is 294 cm³/mol. The fourth-order valence-electron chi connectivity index (χ4n) is 4.52. The second-order valence-electron chi connectivity index (χ2n) is 12.5. The van der Waals surface area contributed by atoms with Crippen molar-refractivity contribution in [1.82, 2.24) is 11.1 Å². The molecule has 6 rings (SSSR count). The minimum Gasteiger partial charge on any atom is -0.529 e. The summed E-state index contributed by atoms with van der Waals surface area (Å²) in [7, 11) is 16.0. The molecule has 67 heavy (non-hydrogen) atoms. The molecule has 22 heteroatoms. The normalized spacial score (nSPS) is 10.2. The van der Waals surface area contributed by atoms with Gasteiger partial charge in [0.15, 0.2) is 18.3 Å². The van der Waals surface area contributed by atoms with Gasteiger partial charge in [0.25, 0.3) is 0 Å². The first-order valence-corrected chi connectivity index (χ1v) is 33.0. The minimum absolute atomic E-state index is 0. The van der Waals surface area contributed by atoms with E-state index in [1.807, 2.05) is 182 Å². The SMILES string of the molecule is O=C([O-])N(SSCc1ccccc1)SSCc1ccccc1.O=C([O-])N(SSCc1ccccc1)SSCc1ccccc1.O=C([O-])N(SSCc1ccccc1)SSCc1ccccc1.[Fe+3]. The molecule has 3 amide bonds. The summed E-state index contributed by atoms with van der Waals surface area (Å²) in [6.07, 6.45) is -3.55. The van der Waals surface area contributed by atoms with Crippen LogP contribution in [0.5, 0.6) is 0 Å². The molecular formula is C45H42FeN3O6S12. The van der Waals surface area contributed by atoms with Crippen LogP contribution in [0.25, 0.3) is 0 Å². The summed E-state index contributed by atoms with van der Waals surface area (Å²) >= 11 is 0. The van der Waals surface area contributed by atoms with Gasteiger partial charge in [-0.3, -0.25) is 0 Å². The molecule has 0 heterocycles. The molecule has 353 valence electrons. The second kappa shape index (κ2) is 37.6. The fraction of sp³-hybridized carbons (Fsp3) is 0.133. The van der Waals surface area contributed by atoms with Crippen molar-refractivity contribution in [3.05, 3.63) is 215 Å². The molecule has 0 saturated carbocycles. The Kier molecular flexibility index (Phi) is 33.2. The molecule has 0 spiro atoms. The van der Waals surface area contributed by atoms with Crippen molar-refractivity contribution >= 4 is 149 Å². The van der Waals surface area contributed by atoms with E-state index < -0.39 is 18.3 Å². The molecule has 0 fully saturated rings. The summed E-state index contributed by atoms with van der Waals surface area (Å²) in [6.45, 7) is 0. The summed E-state index contributed by atoms with van der Waals surface area (Å²) in [5.74, 6) is 4.50. The molecule has 0 aliphatic carbocycles. The maximum absolute atomic E-state index is 11.1. The topological polar surface area (TPSA) is 130 Å². The molecule has 0 N–H and O–H groups in total. The number of hydrogen-bond acceptors (Lipinski definition) is 18. The first-order chi connectivity index (χ1) is 32.3. The number of carbonyl (C=O) groups excluding carboxylic acids is 3. The monoisotopic (exact) mass is 1160 g/mol. The first kappa shape index (κ1) is 59.2. The van der Waals surface area contributed by atoms with E-state index in [1.54, 1.807) is 0 Å². The third kappa shape index (κ3) is 27.7. The molecule has 0 saturated heterocycles. The van der Waals surface area contributed by atoms with Crippen LogP contribution in [0.15, 0.2) is 182 Å². The molecule has 0 atom stereocenters. The van der Waals surface area contributed by atoms with Crippen LogP contribution in [-0.2, 0) is 51.6 Å². The van der Waals surface area contributed by atoms with Crippen LogP contribution >= 0.6 is 131 Å². The van der Waals surface area contributed by atoms with E-state index in [2.05, 4.69) is 0 Å². The number of benzene rings is 6. The standard InChI is InChI=1S/3C15H15NO2S4.Fe/c3*17-15(18)16(21-19-11-13-7-3-1-4-8-13)22-20-12-14-9-5-2-6-10-14;/h3*1-10H,11-12H2,(H,17,18);/q;;;+3/p-3. The van der Waals surface area contributed by atoms with E-state index >= 15 is 0 Å². The van der Waals surface area contributed by atoms with Crippen molar-refractivity contribution in [2.45, 2.75) is 34.5 Å². The quantitative estimate of drug-likeness (QED) is 0.0323. The van der Waals surface area contributed by atoms with Crippen LogP contribution in [0.3, 0.4) is 0 Å². The minimum atomic E-state index is -1.18. The Morgan fingerprint density at radius 3 is 0.537 bits per heavy atom. The molecule has 0 aromatic heterocycles. The van der Waals surface area contributed by atoms with Crippen molar-refractivity contribution < 1.29 is 46.8 Å². The van der Waals surface area contributed by atoms with Crippen LogP contribution in [0.1, 0.15) is 33.4 Å². The molecule has 1 radical (unpaired) electrons. The summed E-state index contributed by atoms with van der Waals surface area (Å²) in [5.41, 5.74) is 7.00. The van der Waals surface area contributed by atoms with Crippen LogP contribution < -0.4 is 15.3 Å². The Morgan fingerprint density at radius 1 is 0.284 bits per heavy atom. The third-order valence-corrected chi connectivity index (χ3v) is 22.4. The number of amides is 3. The second-order valence-corrected chi connectivity index (χ2v) is 26.4. The molecule has 0 unspecified atom stereocenters. The van der Waals surface area contributed by atoms with Gasteiger partial charge in [0.05, 0.1) is 0 Å². The van der Waals surface area contributed by atoms with Crippen LogP contribution in [-0.4, -0.2) is 29.4 Å². The van der Waals surface area contributed by atoms with Gasteiger partial charge in [0, 0.05) is 100 Å². The van der Waals surface area contributed by atoms with Gasteiger partial charge < -0.3 is 29.7 Å². The van der Waals surface area contributed by atoms with Crippen molar-refractivity contribution in [3.8, 4) is 0 Å². The summed E-state index contributed by atoms with van der Waals surface area (Å²) in [6, 6.07) is 59.7. The van der Waals surface area contributed by atoms with E-state index in [1.165, 1.54) is 175 Å². The van der Waals surface area contributed by atoms with Crippen LogP contribution in [0.4, 0.5) is 14.4 Å². The average molecular weight is 1160 g/mol. The number of nitrogens with zero attached hydrogens (tertiary/aromatic N) is 3. The third-order valence-electron chi connectivity index (χ3n) is 7.58. The number of carbonyl (C=O) groups is 3. The predicted octanol–water partition coefficient (Wildman–Crippen LogP) is 13.9. The summed E-state index contributed by atoms with van der Waals surface area (Å²) < 4.78 is 3.55. The molecule has 9 nitrogen and oxygen atoms in total. The zero-order valence-electron chi connectivity index (χ0n) is 35.1. The Bertz CT molecular complexity index is 1830. The maximum atomic E-state index is 11.1. The Morgan fingerprint density at radius 2 is 0.418 bits per heavy atom. The van der Waals surface area contributed by atoms with Gasteiger partial charge in [-0.15, -0.1) is 0 Å². The average Bonchev–Trinajstić information content (AvgIpc) is 3.35. The molecule has 0 aliphatic rings. The molecule has 6 aromatic carbocycles. The number of carboxylic acid groups (broad SMARTS) is 3. The summed E-state index contributed by atoms with van der Waals surface area (Å²) in [4.78, 5) is 33.4. The zero-order chi connectivity index (χ0) is 46.9. The molecule has 0 bridgehead atoms. The van der Waals surface area contributed by atoms with Gasteiger partial charge in [0.1, 0.15) is 0 Å². The largest absolute Gasteiger partial charge is 3.00 e. The smallest absolute Gasteiger partial charge is 0.529 e. The van der Waals surface area contributed by atoms with Crippen molar-refractivity contribution in [2.24, 2.45) is 0 Å². The number of hydrogen-bond donors (Lipinski definition) is 0. The Balaban J connectivity index is 0.000000264. The Hall–Kier alpha value is -2.15. The molecule has 0 aliphatic heterocycles. The first-order valence-electron chi connectivity index (χ1n) is 19.3. The molecular weight excluding hydrogens is 1120 g/mol. The van der Waals surface area contributed by atoms with E-state index in [0.29, 0.717) is 0 Å². The van der Waals surface area contributed by atoms with Gasteiger partial charge in [-0.25, -0.2) is 11.1 Å². The van der Waals surface area contributed by atoms with E-state index in [0.717, 1.165) is 34.5 Å². The van der Waals surface area contributed by atoms with E-state index in [-0.39, 0.29) is 17.1 Å². The van der Waals surface area contributed by atoms with Crippen LogP contribution in [0, 0.1) is 0 Å². The van der Waals surface area contributed by atoms with Gasteiger partial charge in [0.2, 0.25) is 0 Å². The van der Waals surface area contributed by atoms with Gasteiger partial charge in [-0.2, -0.15) is 0 Å². The van der Waals surface area contributed by atoms with Crippen molar-refractivity contribution in [3.63, 3.8) is 0 Å². The van der Waals surface area contributed by atoms with Gasteiger partial charge >= 0.3 is 17.1 Å². The maximum Gasteiger partial charge on any atom is 3.00 e.